The maximum Gasteiger partial charge on any atom is 0.229 e. The Morgan fingerprint density at radius 2 is 1.57 bits per heavy atom. The zero-order valence-corrected chi connectivity index (χ0v) is 16.1. The van der Waals surface area contributed by atoms with Crippen molar-refractivity contribution < 1.29 is 9.59 Å². The third-order valence-electron chi connectivity index (χ3n) is 5.69. The molecule has 1 aliphatic carbocycles. The van der Waals surface area contributed by atoms with Gasteiger partial charge in [0.15, 0.2) is 0 Å². The Labute approximate surface area is 166 Å². The number of carbonyl (C=O) groups excluding carboxylic acids is 2. The van der Waals surface area contributed by atoms with Crippen molar-refractivity contribution in [3.8, 4) is 0 Å². The van der Waals surface area contributed by atoms with E-state index in [9.17, 15) is 9.59 Å². The van der Waals surface area contributed by atoms with Crippen LogP contribution in [0.25, 0.3) is 0 Å². The number of carbonyl (C=O) groups is 2. The molecular formula is C23H27N3O2. The van der Waals surface area contributed by atoms with Crippen LogP contribution >= 0.6 is 0 Å². The number of benzene rings is 2. The third-order valence-corrected chi connectivity index (χ3v) is 5.69. The van der Waals surface area contributed by atoms with Crippen molar-refractivity contribution in [2.24, 2.45) is 5.92 Å². The molecule has 0 aromatic heterocycles. The van der Waals surface area contributed by atoms with E-state index in [4.69, 9.17) is 0 Å². The van der Waals surface area contributed by atoms with Crippen molar-refractivity contribution in [2.45, 2.75) is 44.6 Å². The van der Waals surface area contributed by atoms with E-state index in [2.05, 4.69) is 10.6 Å². The highest BCUT2D eigenvalue weighted by Gasteiger charge is 2.35. The summed E-state index contributed by atoms with van der Waals surface area (Å²) < 4.78 is 0. The normalized spacial score (nSPS) is 20.2. The highest BCUT2D eigenvalue weighted by Crippen LogP contribution is 2.26. The zero-order valence-electron chi connectivity index (χ0n) is 16.1. The summed E-state index contributed by atoms with van der Waals surface area (Å²) in [5.74, 6) is -0.425. The quantitative estimate of drug-likeness (QED) is 0.811. The number of rotatable bonds is 5. The average molecular weight is 377 g/mol. The fraction of sp³-hybridized carbons (Fsp3) is 0.391. The van der Waals surface area contributed by atoms with Gasteiger partial charge in [-0.2, -0.15) is 0 Å². The summed E-state index contributed by atoms with van der Waals surface area (Å²) in [7, 11) is 0. The number of anilines is 3. The van der Waals surface area contributed by atoms with Crippen LogP contribution in [0.5, 0.6) is 0 Å². The van der Waals surface area contributed by atoms with E-state index in [1.54, 1.807) is 4.90 Å². The number of nitrogens with zero attached hydrogens (tertiary/aromatic N) is 1. The summed E-state index contributed by atoms with van der Waals surface area (Å²) in [4.78, 5) is 26.6. The number of hydrogen-bond acceptors (Lipinski definition) is 3. The summed E-state index contributed by atoms with van der Waals surface area (Å²) in [6.45, 7) is 0.427. The molecule has 2 aromatic carbocycles. The minimum atomic E-state index is -0.326. The Morgan fingerprint density at radius 1 is 0.893 bits per heavy atom. The van der Waals surface area contributed by atoms with Crippen LogP contribution in [-0.4, -0.2) is 24.4 Å². The fourth-order valence-electron chi connectivity index (χ4n) is 4.12. The highest BCUT2D eigenvalue weighted by molar-refractivity contribution is 6.03. The summed E-state index contributed by atoms with van der Waals surface area (Å²) in [5.41, 5.74) is 2.71. The topological polar surface area (TPSA) is 61.4 Å². The molecule has 1 heterocycles. The summed E-state index contributed by atoms with van der Waals surface area (Å²) >= 11 is 0. The Hall–Kier alpha value is -2.82. The van der Waals surface area contributed by atoms with Gasteiger partial charge in [-0.3, -0.25) is 9.59 Å². The summed E-state index contributed by atoms with van der Waals surface area (Å²) in [6.07, 6.45) is 6.65. The van der Waals surface area contributed by atoms with E-state index in [0.717, 1.165) is 17.1 Å². The molecule has 5 heteroatoms. The number of nitrogens with one attached hydrogen (secondary N) is 2. The fourth-order valence-corrected chi connectivity index (χ4v) is 4.12. The van der Waals surface area contributed by atoms with Gasteiger partial charge in [0.2, 0.25) is 11.8 Å². The second-order valence-corrected chi connectivity index (χ2v) is 7.79. The van der Waals surface area contributed by atoms with Crippen molar-refractivity contribution in [1.29, 1.82) is 0 Å². The Kier molecular flexibility index (Phi) is 5.60. The lowest BCUT2D eigenvalue weighted by Crippen LogP contribution is -2.28. The van der Waals surface area contributed by atoms with Crippen molar-refractivity contribution >= 4 is 28.9 Å². The van der Waals surface area contributed by atoms with Crippen molar-refractivity contribution in [3.05, 3.63) is 54.6 Å². The van der Waals surface area contributed by atoms with Crippen molar-refractivity contribution in [2.75, 3.05) is 22.1 Å². The van der Waals surface area contributed by atoms with Crippen molar-refractivity contribution in [1.82, 2.24) is 0 Å². The Bertz CT molecular complexity index is 814. The Balaban J connectivity index is 1.33. The number of hydrogen-bond donors (Lipinski definition) is 2. The molecule has 2 aliphatic rings. The standard InChI is InChI=1S/C23H27N3O2/c27-22-15-17(16-26(22)21-9-5-2-6-10-21)23(28)25-20-13-11-19(12-14-20)24-18-7-3-1-4-8-18/h2,5-6,9-14,17-18,24H,1,3-4,7-8,15-16H2,(H,25,28). The first-order chi connectivity index (χ1) is 13.7. The molecule has 146 valence electrons. The maximum absolute atomic E-state index is 12.6. The summed E-state index contributed by atoms with van der Waals surface area (Å²) in [5, 5.41) is 6.54. The highest BCUT2D eigenvalue weighted by atomic mass is 16.2. The largest absolute Gasteiger partial charge is 0.382 e. The Morgan fingerprint density at radius 3 is 2.29 bits per heavy atom. The van der Waals surface area contributed by atoms with Crippen molar-refractivity contribution in [3.63, 3.8) is 0 Å². The van der Waals surface area contributed by atoms with Crippen LogP contribution in [0.15, 0.2) is 54.6 Å². The van der Waals surface area contributed by atoms with E-state index < -0.39 is 0 Å². The number of amides is 2. The summed E-state index contributed by atoms with van der Waals surface area (Å²) in [6, 6.07) is 18.0. The van der Waals surface area contributed by atoms with Gasteiger partial charge in [0.05, 0.1) is 5.92 Å². The maximum atomic E-state index is 12.6. The molecule has 2 fully saturated rings. The molecule has 5 nitrogen and oxygen atoms in total. The van der Waals surface area contributed by atoms with E-state index in [1.165, 1.54) is 32.1 Å². The van der Waals surface area contributed by atoms with Gasteiger partial charge in [-0.15, -0.1) is 0 Å². The second-order valence-electron chi connectivity index (χ2n) is 7.79. The molecule has 1 atom stereocenters. The lowest BCUT2D eigenvalue weighted by atomic mass is 9.95. The lowest BCUT2D eigenvalue weighted by molar-refractivity contribution is -0.122. The van der Waals surface area contributed by atoms with Gasteiger partial charge in [0.25, 0.3) is 0 Å². The van der Waals surface area contributed by atoms with Crippen LogP contribution in [-0.2, 0) is 9.59 Å². The molecule has 1 saturated heterocycles. The van der Waals surface area contributed by atoms with E-state index in [0.29, 0.717) is 12.6 Å². The molecule has 2 amide bonds. The second kappa shape index (κ2) is 8.46. The first-order valence-electron chi connectivity index (χ1n) is 10.2. The molecule has 4 rings (SSSR count). The van der Waals surface area contributed by atoms with Gasteiger partial charge in [0.1, 0.15) is 0 Å². The first-order valence-corrected chi connectivity index (χ1v) is 10.2. The van der Waals surface area contributed by atoms with Gasteiger partial charge in [0, 0.05) is 36.1 Å². The SMILES string of the molecule is O=C(Nc1ccc(NC2CCCCC2)cc1)C1CC(=O)N(c2ccccc2)C1. The van der Waals surface area contributed by atoms with Gasteiger partial charge in [-0.1, -0.05) is 37.5 Å². The van der Waals surface area contributed by atoms with Crippen LogP contribution in [0.3, 0.4) is 0 Å². The average Bonchev–Trinajstić information content (AvgIpc) is 3.13. The molecule has 1 unspecified atom stereocenters. The smallest absolute Gasteiger partial charge is 0.229 e. The van der Waals surface area contributed by atoms with E-state index in [1.807, 2.05) is 54.6 Å². The van der Waals surface area contributed by atoms with Crippen LogP contribution in [0.4, 0.5) is 17.1 Å². The molecule has 0 bridgehead atoms. The monoisotopic (exact) mass is 377 g/mol. The first kappa shape index (κ1) is 18.5. The van der Waals surface area contributed by atoms with Crippen LogP contribution in [0, 0.1) is 5.92 Å². The van der Waals surface area contributed by atoms with Crippen LogP contribution in [0.1, 0.15) is 38.5 Å². The van der Waals surface area contributed by atoms with Gasteiger partial charge < -0.3 is 15.5 Å². The molecule has 1 aliphatic heterocycles. The van der Waals surface area contributed by atoms with Crippen LogP contribution < -0.4 is 15.5 Å². The molecule has 0 radical (unpaired) electrons. The predicted octanol–water partition coefficient (Wildman–Crippen LogP) is 4.42. The number of para-hydroxylation sites is 1. The molecule has 28 heavy (non-hydrogen) atoms. The minimum absolute atomic E-state index is 0.00150. The molecule has 1 saturated carbocycles. The minimum Gasteiger partial charge on any atom is -0.382 e. The van der Waals surface area contributed by atoms with Gasteiger partial charge in [-0.05, 0) is 49.2 Å². The van der Waals surface area contributed by atoms with Crippen LogP contribution in [0.2, 0.25) is 0 Å². The molecular weight excluding hydrogens is 350 g/mol. The molecule has 2 aromatic rings. The van der Waals surface area contributed by atoms with Gasteiger partial charge >= 0.3 is 0 Å². The lowest BCUT2D eigenvalue weighted by Gasteiger charge is -2.24. The van der Waals surface area contributed by atoms with E-state index >= 15 is 0 Å². The third kappa shape index (κ3) is 4.35. The molecule has 2 N–H and O–H groups in total. The zero-order chi connectivity index (χ0) is 19.3. The predicted molar refractivity (Wildman–Crippen MR) is 112 cm³/mol. The van der Waals surface area contributed by atoms with Gasteiger partial charge in [-0.25, -0.2) is 0 Å². The van der Waals surface area contributed by atoms with E-state index in [-0.39, 0.29) is 24.2 Å². The molecule has 0 spiro atoms.